The second-order valence-electron chi connectivity index (χ2n) is 20.9. The predicted molar refractivity (Wildman–Crippen MR) is 218 cm³/mol. The number of aliphatic hydroxyl groups excluding tert-OH is 2. The third-order valence-electron chi connectivity index (χ3n) is 15.6. The van der Waals surface area contributed by atoms with E-state index in [-0.39, 0.29) is 37.3 Å². The lowest BCUT2D eigenvalue weighted by molar-refractivity contribution is -0.359. The van der Waals surface area contributed by atoms with Crippen LogP contribution in [0.4, 0.5) is 0 Å². The Labute approximate surface area is 359 Å². The summed E-state index contributed by atoms with van der Waals surface area (Å²) in [5.41, 5.74) is -0.752. The number of carbonyl (C=O) groups excluding carboxylic acids is 2. The van der Waals surface area contributed by atoms with Gasteiger partial charge in [0.25, 0.3) is 0 Å². The van der Waals surface area contributed by atoms with Crippen molar-refractivity contribution in [1.29, 1.82) is 0 Å². The smallest absolute Gasteiger partial charge is 0.311 e. The third-order valence-corrected chi connectivity index (χ3v) is 15.6. The van der Waals surface area contributed by atoms with Crippen molar-refractivity contribution in [2.75, 3.05) is 6.61 Å². The fourth-order valence-electron chi connectivity index (χ4n) is 12.2. The van der Waals surface area contributed by atoms with Crippen molar-refractivity contribution >= 4 is 11.8 Å². The molecule has 8 fully saturated rings. The van der Waals surface area contributed by atoms with Crippen LogP contribution >= 0.6 is 0 Å². The van der Waals surface area contributed by atoms with Crippen molar-refractivity contribution < 1.29 is 67.5 Å². The van der Waals surface area contributed by atoms with Gasteiger partial charge in [-0.15, -0.1) is 0 Å². The zero-order valence-corrected chi connectivity index (χ0v) is 36.8. The summed E-state index contributed by atoms with van der Waals surface area (Å²) in [5.74, 6) is -5.22. The van der Waals surface area contributed by atoms with Gasteiger partial charge in [-0.25, -0.2) is 0 Å². The molecule has 9 aliphatic heterocycles. The van der Waals surface area contributed by atoms with Crippen LogP contribution in [0, 0.1) is 11.8 Å². The molecule has 0 saturated carbocycles. The van der Waals surface area contributed by atoms with Gasteiger partial charge < -0.3 is 58.0 Å². The van der Waals surface area contributed by atoms with Crippen LogP contribution in [0.3, 0.4) is 0 Å². The molecule has 14 nitrogen and oxygen atoms in total. The molecule has 0 aromatic carbocycles. The number of esters is 1. The van der Waals surface area contributed by atoms with Crippen LogP contribution in [0.15, 0.2) is 36.0 Å². The quantitative estimate of drug-likeness (QED) is 0.232. The maximum absolute atomic E-state index is 14.0. The molecule has 0 aromatic rings. The molecule has 0 aromatic heterocycles. The summed E-state index contributed by atoms with van der Waals surface area (Å²) in [7, 11) is 0. The Morgan fingerprint density at radius 3 is 2.41 bits per heavy atom. The van der Waals surface area contributed by atoms with Crippen molar-refractivity contribution in [3.63, 3.8) is 0 Å². The van der Waals surface area contributed by atoms with E-state index in [1.54, 1.807) is 13.8 Å². The minimum absolute atomic E-state index is 0.0180. The standard InChI is InChI=1S/C47H68O14/c1-26-10-11-32-34(22-37(54-32)47(52)39(49)28(3)14-20-53-47)55-41(51)29(4)31-9-8-15-45(56-31)17-12-33(57-45)40(50)44(7)24-30(48)38(60-44)35-25-43(6)18-19-46(58-35,61-43)36-13-16-42(5,59-36)23-27(2)21-26/h10-11,21,27,29,31-40,49-50,52H,3,8-9,12-20,22-25H2,1-2,4-7H3/b11-10+,26-21+/t27-,29+,31-,32+,33-,34+,35+,36+,37-,38-,39+,40-,42+,43-,44+,45+,46-,47+/m0/s1. The van der Waals surface area contributed by atoms with Crippen LogP contribution in [0.5, 0.6) is 0 Å². The Kier molecular flexibility index (Phi) is 11.4. The Morgan fingerprint density at radius 1 is 0.820 bits per heavy atom. The molecule has 0 unspecified atom stereocenters. The Morgan fingerprint density at radius 2 is 1.61 bits per heavy atom. The number of fused-ring (bicyclic) bond motifs is 10. The van der Waals surface area contributed by atoms with E-state index in [4.69, 9.17) is 42.6 Å². The largest absolute Gasteiger partial charge is 0.459 e. The summed E-state index contributed by atoms with van der Waals surface area (Å²) in [6.07, 6.45) is 5.65. The van der Waals surface area contributed by atoms with E-state index in [2.05, 4.69) is 33.4 Å². The number of carbonyl (C=O) groups is 2. The van der Waals surface area contributed by atoms with E-state index < -0.39 is 101 Å². The summed E-state index contributed by atoms with van der Waals surface area (Å²) < 4.78 is 58.9. The van der Waals surface area contributed by atoms with Crippen molar-refractivity contribution in [3.8, 4) is 0 Å². The second-order valence-corrected chi connectivity index (χ2v) is 20.9. The molecule has 0 amide bonds. The highest BCUT2D eigenvalue weighted by molar-refractivity contribution is 5.86. The first-order valence-electron chi connectivity index (χ1n) is 23.0. The Bertz CT molecular complexity index is 1800. The van der Waals surface area contributed by atoms with Crippen LogP contribution < -0.4 is 0 Å². The lowest BCUT2D eigenvalue weighted by Crippen LogP contribution is -2.57. The maximum Gasteiger partial charge on any atom is 0.311 e. The second kappa shape index (κ2) is 15.8. The van der Waals surface area contributed by atoms with Crippen molar-refractivity contribution in [2.24, 2.45) is 11.8 Å². The highest BCUT2D eigenvalue weighted by Gasteiger charge is 2.65. The van der Waals surface area contributed by atoms with Crippen molar-refractivity contribution in [2.45, 2.75) is 227 Å². The van der Waals surface area contributed by atoms with E-state index in [0.29, 0.717) is 50.5 Å². The molecular weight excluding hydrogens is 789 g/mol. The van der Waals surface area contributed by atoms with Gasteiger partial charge in [0.05, 0.1) is 42.0 Å². The minimum Gasteiger partial charge on any atom is -0.459 e. The van der Waals surface area contributed by atoms with Crippen LogP contribution in [0.2, 0.25) is 0 Å². The summed E-state index contributed by atoms with van der Waals surface area (Å²) in [4.78, 5) is 27.9. The molecule has 9 heterocycles. The topological polar surface area (TPSA) is 178 Å². The van der Waals surface area contributed by atoms with Gasteiger partial charge in [-0.2, -0.15) is 0 Å². The number of hydrogen-bond donors (Lipinski definition) is 3. The monoisotopic (exact) mass is 856 g/mol. The van der Waals surface area contributed by atoms with E-state index in [1.165, 1.54) is 0 Å². The summed E-state index contributed by atoms with van der Waals surface area (Å²) in [6, 6.07) is 0. The molecule has 340 valence electrons. The molecule has 14 heteroatoms. The summed E-state index contributed by atoms with van der Waals surface area (Å²) in [6.45, 7) is 16.1. The minimum atomic E-state index is -2.05. The Hall–Kier alpha value is -2.08. The van der Waals surface area contributed by atoms with E-state index in [9.17, 15) is 24.9 Å². The first kappa shape index (κ1) is 44.1. The fourth-order valence-corrected chi connectivity index (χ4v) is 12.2. The molecule has 3 N–H and O–H groups in total. The summed E-state index contributed by atoms with van der Waals surface area (Å²) >= 11 is 0. The number of hydrogen-bond acceptors (Lipinski definition) is 14. The molecule has 8 saturated heterocycles. The number of aliphatic hydroxyl groups is 3. The maximum atomic E-state index is 14.0. The van der Waals surface area contributed by atoms with E-state index >= 15 is 0 Å². The van der Waals surface area contributed by atoms with Crippen LogP contribution in [-0.2, 0) is 52.2 Å². The first-order chi connectivity index (χ1) is 28.7. The normalized spacial score (nSPS) is 54.5. The molecule has 0 radical (unpaired) electrons. The lowest BCUT2D eigenvalue weighted by atomic mass is 9.88. The average molecular weight is 857 g/mol. The number of rotatable bonds is 1. The third kappa shape index (κ3) is 8.06. The lowest BCUT2D eigenvalue weighted by Gasteiger charge is -2.47. The van der Waals surface area contributed by atoms with E-state index in [1.807, 2.05) is 19.1 Å². The first-order valence-corrected chi connectivity index (χ1v) is 23.0. The molecule has 0 aliphatic carbocycles. The SMILES string of the molecule is C=C1CCO[C@](O)([C@@H]2C[C@H]3OC(=O)[C@H](C)[C@@H]4CCC[C@@]5(CC[C@H](O5)[C@H](O)[C@@]5(C)CC(=O)[C@H](O5)[C@H]5C[C@]6(C)CC[C@](O5)(O6)[C@H]5CC[C@](C)(C[C@@H](C)/C=C(C)/C=C/[C@H]3O2)O5)O4)[C@@H]1O. The van der Waals surface area contributed by atoms with Crippen molar-refractivity contribution in [3.05, 3.63) is 36.0 Å². The number of Topliss-reactive ketones (excluding diaryl/α,β-unsaturated/α-hetero) is 1. The van der Waals surface area contributed by atoms with Gasteiger partial charge in [0.1, 0.15) is 48.3 Å². The fraction of sp³-hybridized carbons (Fsp3) is 0.830. The molecular formula is C47H68O14. The Balaban J connectivity index is 1.00. The molecule has 61 heavy (non-hydrogen) atoms. The highest BCUT2D eigenvalue weighted by atomic mass is 16.8. The van der Waals surface area contributed by atoms with Crippen LogP contribution in [0.25, 0.3) is 0 Å². The number of ketones is 1. The highest BCUT2D eigenvalue weighted by Crippen LogP contribution is 2.55. The molecule has 10 bridgehead atoms. The van der Waals surface area contributed by atoms with Crippen LogP contribution in [0.1, 0.15) is 131 Å². The number of ether oxygens (including phenoxy) is 9. The molecule has 9 aliphatic rings. The van der Waals surface area contributed by atoms with Gasteiger partial charge in [-0.3, -0.25) is 9.59 Å². The van der Waals surface area contributed by atoms with Gasteiger partial charge >= 0.3 is 5.97 Å². The van der Waals surface area contributed by atoms with Gasteiger partial charge in [-0.1, -0.05) is 37.3 Å². The van der Waals surface area contributed by atoms with E-state index in [0.717, 1.165) is 37.7 Å². The molecule has 2 spiro atoms. The van der Waals surface area contributed by atoms with Gasteiger partial charge in [-0.05, 0) is 97.5 Å². The van der Waals surface area contributed by atoms with Crippen LogP contribution in [-0.4, -0.2) is 129 Å². The zero-order chi connectivity index (χ0) is 43.3. The van der Waals surface area contributed by atoms with Crippen molar-refractivity contribution in [1.82, 2.24) is 0 Å². The predicted octanol–water partition coefficient (Wildman–Crippen LogP) is 5.17. The summed E-state index contributed by atoms with van der Waals surface area (Å²) in [5, 5.41) is 34.6. The van der Waals surface area contributed by atoms with Gasteiger partial charge in [0.2, 0.25) is 5.79 Å². The zero-order valence-electron chi connectivity index (χ0n) is 36.8. The average Bonchev–Trinajstić information content (AvgIpc) is 4.02. The molecule has 9 rings (SSSR count). The van der Waals surface area contributed by atoms with Gasteiger partial charge in [0.15, 0.2) is 17.4 Å². The van der Waals surface area contributed by atoms with Gasteiger partial charge in [0, 0.05) is 38.5 Å². The molecule has 18 atom stereocenters. The number of allylic oxidation sites excluding steroid dienone is 3.